The van der Waals surface area contributed by atoms with Gasteiger partial charge in [-0.3, -0.25) is 9.69 Å². The summed E-state index contributed by atoms with van der Waals surface area (Å²) in [5, 5.41) is 3.37. The van der Waals surface area contributed by atoms with E-state index in [1.54, 1.807) is 25.5 Å². The molecule has 162 valence electrons. The first-order valence-corrected chi connectivity index (χ1v) is 10.6. The number of aryl methyl sites for hydroxylation is 1. The van der Waals surface area contributed by atoms with E-state index in [0.717, 1.165) is 68.7 Å². The molecule has 1 fully saturated rings. The Bertz CT molecular complexity index is 1040. The Kier molecular flexibility index (Phi) is 6.51. The van der Waals surface area contributed by atoms with Crippen molar-refractivity contribution in [2.75, 3.05) is 49.5 Å². The molecule has 0 spiro atoms. The zero-order valence-corrected chi connectivity index (χ0v) is 18.0. The van der Waals surface area contributed by atoms with E-state index in [0.29, 0.717) is 11.4 Å². The van der Waals surface area contributed by atoms with E-state index in [1.165, 1.54) is 0 Å². The maximum Gasteiger partial charge on any atom is 0.254 e. The summed E-state index contributed by atoms with van der Waals surface area (Å²) in [6.07, 6.45) is 6.36. The highest BCUT2D eigenvalue weighted by Gasteiger charge is 2.18. The molecular formula is C22H28N8O. The summed E-state index contributed by atoms with van der Waals surface area (Å²) in [5.74, 6) is 2.19. The summed E-state index contributed by atoms with van der Waals surface area (Å²) in [4.78, 5) is 37.0. The van der Waals surface area contributed by atoms with Crippen LogP contribution in [0.15, 0.2) is 41.6 Å². The van der Waals surface area contributed by atoms with Gasteiger partial charge in [0.1, 0.15) is 11.6 Å². The Balaban J connectivity index is 1.21. The lowest BCUT2D eigenvalue weighted by Gasteiger charge is -2.34. The van der Waals surface area contributed by atoms with Gasteiger partial charge >= 0.3 is 0 Å². The Labute approximate surface area is 181 Å². The van der Waals surface area contributed by atoms with E-state index >= 15 is 0 Å². The maximum absolute atomic E-state index is 12.0. The SMILES string of the molecule is Cc1nc(-c2ccc(NCCCN3CCN(c4ncccn4)CC3)nc2)[nH]c(=O)c1C. The van der Waals surface area contributed by atoms with Crippen molar-refractivity contribution < 1.29 is 0 Å². The molecule has 1 aliphatic heterocycles. The van der Waals surface area contributed by atoms with Gasteiger partial charge in [0.05, 0.1) is 0 Å². The summed E-state index contributed by atoms with van der Waals surface area (Å²) in [5.41, 5.74) is 2.07. The van der Waals surface area contributed by atoms with Crippen LogP contribution >= 0.6 is 0 Å². The van der Waals surface area contributed by atoms with Crippen molar-refractivity contribution >= 4 is 11.8 Å². The van der Waals surface area contributed by atoms with Gasteiger partial charge in [-0.15, -0.1) is 0 Å². The molecule has 1 aliphatic rings. The van der Waals surface area contributed by atoms with Gasteiger partial charge in [-0.25, -0.2) is 19.9 Å². The largest absolute Gasteiger partial charge is 0.370 e. The molecule has 0 aromatic carbocycles. The van der Waals surface area contributed by atoms with Crippen molar-refractivity contribution in [1.29, 1.82) is 0 Å². The zero-order chi connectivity index (χ0) is 21.6. The summed E-state index contributed by atoms with van der Waals surface area (Å²) >= 11 is 0. The van der Waals surface area contributed by atoms with Crippen molar-refractivity contribution in [3.63, 3.8) is 0 Å². The number of H-pyrrole nitrogens is 1. The molecule has 0 amide bonds. The van der Waals surface area contributed by atoms with Crippen LogP contribution in [0.25, 0.3) is 11.4 Å². The smallest absolute Gasteiger partial charge is 0.254 e. The fourth-order valence-corrected chi connectivity index (χ4v) is 3.57. The van der Waals surface area contributed by atoms with Gasteiger partial charge in [0.15, 0.2) is 0 Å². The highest BCUT2D eigenvalue weighted by molar-refractivity contribution is 5.56. The van der Waals surface area contributed by atoms with E-state index in [9.17, 15) is 4.79 Å². The van der Waals surface area contributed by atoms with Crippen LogP contribution < -0.4 is 15.8 Å². The van der Waals surface area contributed by atoms with Crippen LogP contribution in [0, 0.1) is 13.8 Å². The fourth-order valence-electron chi connectivity index (χ4n) is 3.57. The minimum Gasteiger partial charge on any atom is -0.370 e. The Hall–Kier alpha value is -3.33. The number of anilines is 2. The monoisotopic (exact) mass is 420 g/mol. The van der Waals surface area contributed by atoms with Crippen molar-refractivity contribution in [3.05, 3.63) is 58.4 Å². The van der Waals surface area contributed by atoms with Crippen LogP contribution in [0.4, 0.5) is 11.8 Å². The molecule has 0 aliphatic carbocycles. The average Bonchev–Trinajstić information content (AvgIpc) is 2.81. The van der Waals surface area contributed by atoms with Gasteiger partial charge in [0.2, 0.25) is 5.95 Å². The van der Waals surface area contributed by atoms with Crippen molar-refractivity contribution in [3.8, 4) is 11.4 Å². The Morgan fingerprint density at radius 2 is 1.84 bits per heavy atom. The molecule has 1 saturated heterocycles. The number of hydrogen-bond acceptors (Lipinski definition) is 8. The summed E-state index contributed by atoms with van der Waals surface area (Å²) in [6.45, 7) is 9.46. The second kappa shape index (κ2) is 9.65. The average molecular weight is 421 g/mol. The van der Waals surface area contributed by atoms with E-state index in [-0.39, 0.29) is 5.56 Å². The molecule has 3 aromatic rings. The first-order chi connectivity index (χ1) is 15.1. The third-order valence-corrected chi connectivity index (χ3v) is 5.60. The number of nitrogens with one attached hydrogen (secondary N) is 2. The topological polar surface area (TPSA) is 103 Å². The maximum atomic E-state index is 12.0. The Morgan fingerprint density at radius 1 is 1.06 bits per heavy atom. The number of rotatable bonds is 7. The summed E-state index contributed by atoms with van der Waals surface area (Å²) < 4.78 is 0. The molecular weight excluding hydrogens is 392 g/mol. The van der Waals surface area contributed by atoms with Crippen molar-refractivity contribution in [1.82, 2.24) is 29.8 Å². The number of aromatic nitrogens is 5. The molecule has 4 rings (SSSR count). The molecule has 2 N–H and O–H groups in total. The molecule has 0 unspecified atom stereocenters. The molecule has 9 heteroatoms. The number of nitrogens with zero attached hydrogens (tertiary/aromatic N) is 6. The highest BCUT2D eigenvalue weighted by atomic mass is 16.1. The number of aromatic amines is 1. The normalized spacial score (nSPS) is 14.6. The summed E-state index contributed by atoms with van der Waals surface area (Å²) in [7, 11) is 0. The lowest BCUT2D eigenvalue weighted by atomic mass is 10.2. The second-order valence-electron chi connectivity index (χ2n) is 7.71. The van der Waals surface area contributed by atoms with Crippen LogP contribution in [0.1, 0.15) is 17.7 Å². The second-order valence-corrected chi connectivity index (χ2v) is 7.71. The predicted octanol–water partition coefficient (Wildman–Crippen LogP) is 1.86. The van der Waals surface area contributed by atoms with Crippen LogP contribution in [-0.4, -0.2) is 69.1 Å². The van der Waals surface area contributed by atoms with Gasteiger partial charge in [-0.05, 0) is 45.0 Å². The molecule has 9 nitrogen and oxygen atoms in total. The van der Waals surface area contributed by atoms with Gasteiger partial charge in [-0.1, -0.05) is 0 Å². The van der Waals surface area contributed by atoms with Crippen molar-refractivity contribution in [2.24, 2.45) is 0 Å². The lowest BCUT2D eigenvalue weighted by molar-refractivity contribution is 0.256. The quantitative estimate of drug-likeness (QED) is 0.559. The molecule has 31 heavy (non-hydrogen) atoms. The minimum atomic E-state index is -0.109. The van der Waals surface area contributed by atoms with Crippen molar-refractivity contribution in [2.45, 2.75) is 20.3 Å². The third kappa shape index (κ3) is 5.24. The fraction of sp³-hybridized carbons (Fsp3) is 0.409. The first-order valence-electron chi connectivity index (χ1n) is 10.6. The van der Waals surface area contributed by atoms with Crippen LogP contribution in [0.3, 0.4) is 0 Å². The lowest BCUT2D eigenvalue weighted by Crippen LogP contribution is -2.47. The van der Waals surface area contributed by atoms with Gasteiger partial charge in [0.25, 0.3) is 5.56 Å². The third-order valence-electron chi connectivity index (χ3n) is 5.60. The molecule has 0 saturated carbocycles. The molecule has 0 bridgehead atoms. The summed E-state index contributed by atoms with van der Waals surface area (Å²) in [6, 6.07) is 5.69. The molecule has 3 aromatic heterocycles. The standard InChI is InChI=1S/C22H28N8O/c1-16-17(2)27-20(28-21(16)31)18-5-6-19(26-15-18)23-9-4-10-29-11-13-30(14-12-29)22-24-7-3-8-25-22/h3,5-8,15H,4,9-14H2,1-2H3,(H,23,26)(H,27,28,31). The number of hydrogen-bond donors (Lipinski definition) is 2. The van der Waals surface area contributed by atoms with E-state index in [2.05, 4.69) is 40.0 Å². The minimum absolute atomic E-state index is 0.109. The van der Waals surface area contributed by atoms with Gasteiger partial charge < -0.3 is 15.2 Å². The molecule has 0 radical (unpaired) electrons. The highest BCUT2D eigenvalue weighted by Crippen LogP contribution is 2.15. The Morgan fingerprint density at radius 3 is 2.52 bits per heavy atom. The number of pyridine rings is 1. The zero-order valence-electron chi connectivity index (χ0n) is 18.0. The van der Waals surface area contributed by atoms with Crippen LogP contribution in [0.5, 0.6) is 0 Å². The predicted molar refractivity (Wildman–Crippen MR) is 121 cm³/mol. The van der Waals surface area contributed by atoms with E-state index in [4.69, 9.17) is 0 Å². The van der Waals surface area contributed by atoms with Crippen LogP contribution in [-0.2, 0) is 0 Å². The molecule has 4 heterocycles. The van der Waals surface area contributed by atoms with Crippen LogP contribution in [0.2, 0.25) is 0 Å². The van der Waals surface area contributed by atoms with Gasteiger partial charge in [0, 0.05) is 68.1 Å². The first kappa shape index (κ1) is 20.9. The van der Waals surface area contributed by atoms with E-state index in [1.807, 2.05) is 25.1 Å². The van der Waals surface area contributed by atoms with E-state index < -0.39 is 0 Å². The van der Waals surface area contributed by atoms with Gasteiger partial charge in [-0.2, -0.15) is 0 Å². The number of piperazine rings is 1. The molecule has 0 atom stereocenters.